The van der Waals surface area contributed by atoms with Crippen LogP contribution in [-0.2, 0) is 11.1 Å². The molecule has 0 aromatic rings. The van der Waals surface area contributed by atoms with Gasteiger partial charge in [0.25, 0.3) is 0 Å². The van der Waals surface area contributed by atoms with Gasteiger partial charge in [-0.2, -0.15) is 0 Å². The Morgan fingerprint density at radius 1 is 1.73 bits per heavy atom. The molecule has 0 amide bonds. The number of nitrogens with two attached hydrogens (primary N) is 1. The lowest BCUT2D eigenvalue weighted by Crippen LogP contribution is -2.29. The lowest BCUT2D eigenvalue weighted by molar-refractivity contribution is 0.353. The molecule has 1 fully saturated rings. The number of hydrogen-bond acceptors (Lipinski definition) is 4. The summed E-state index contributed by atoms with van der Waals surface area (Å²) in [6.07, 6.45) is 0.992. The maximum atomic E-state index is 10.2. The van der Waals surface area contributed by atoms with E-state index in [9.17, 15) is 8.76 Å². The third-order valence-electron chi connectivity index (χ3n) is 1.88. The van der Waals surface area contributed by atoms with Crippen LogP contribution in [0.5, 0.6) is 0 Å². The van der Waals surface area contributed by atoms with E-state index in [1.54, 1.807) is 0 Å². The molecule has 1 saturated heterocycles. The van der Waals surface area contributed by atoms with Gasteiger partial charge in [-0.3, -0.25) is 4.21 Å². The summed E-state index contributed by atoms with van der Waals surface area (Å²) in [6, 6.07) is 0.245. The van der Waals surface area contributed by atoms with Crippen molar-refractivity contribution in [3.63, 3.8) is 0 Å². The summed E-state index contributed by atoms with van der Waals surface area (Å²) in [7, 11) is 0. The van der Waals surface area contributed by atoms with Crippen molar-refractivity contribution >= 4 is 11.1 Å². The highest BCUT2D eigenvalue weighted by Crippen LogP contribution is 2.05. The lowest BCUT2D eigenvalue weighted by atomic mass is 10.3. The van der Waals surface area contributed by atoms with Crippen LogP contribution in [0.3, 0.4) is 0 Å². The number of likely N-dealkylation sites (tertiary alicyclic amines) is 1. The minimum Gasteiger partial charge on any atom is -0.772 e. The van der Waals surface area contributed by atoms with Gasteiger partial charge in [-0.25, -0.2) is 0 Å². The highest BCUT2D eigenvalue weighted by molar-refractivity contribution is 7.79. The average Bonchev–Trinajstić information content (AvgIpc) is 2.31. The fourth-order valence-electron chi connectivity index (χ4n) is 1.27. The van der Waals surface area contributed by atoms with Crippen molar-refractivity contribution in [2.24, 2.45) is 5.73 Å². The van der Waals surface area contributed by atoms with E-state index in [1.807, 2.05) is 0 Å². The van der Waals surface area contributed by atoms with Crippen molar-refractivity contribution in [3.05, 3.63) is 0 Å². The lowest BCUT2D eigenvalue weighted by Gasteiger charge is -2.15. The van der Waals surface area contributed by atoms with Crippen LogP contribution >= 0.6 is 0 Å². The van der Waals surface area contributed by atoms with Crippen molar-refractivity contribution < 1.29 is 8.76 Å². The standard InChI is InChI=1S/C6H14N2O2S/c7-6-1-2-8(5-6)3-4-11(9)10/h6H,1-5,7H2,(H,9,10)/p-1. The maximum absolute atomic E-state index is 10.2. The molecule has 0 aromatic carbocycles. The van der Waals surface area contributed by atoms with E-state index in [0.29, 0.717) is 6.54 Å². The minimum atomic E-state index is -1.91. The maximum Gasteiger partial charge on any atom is 0.0229 e. The first kappa shape index (κ1) is 9.12. The Labute approximate surface area is 69.0 Å². The third-order valence-corrected chi connectivity index (χ3v) is 2.40. The van der Waals surface area contributed by atoms with E-state index in [4.69, 9.17) is 5.73 Å². The molecule has 0 radical (unpaired) electrons. The second-order valence-electron chi connectivity index (χ2n) is 2.86. The van der Waals surface area contributed by atoms with Gasteiger partial charge in [-0.1, -0.05) is 11.1 Å². The van der Waals surface area contributed by atoms with E-state index in [1.165, 1.54) is 0 Å². The predicted molar refractivity (Wildman–Crippen MR) is 42.8 cm³/mol. The van der Waals surface area contributed by atoms with Crippen LogP contribution in [0.2, 0.25) is 0 Å². The highest BCUT2D eigenvalue weighted by atomic mass is 32.2. The molecule has 0 aromatic heterocycles. The largest absolute Gasteiger partial charge is 0.772 e. The second-order valence-corrected chi connectivity index (χ2v) is 3.87. The Bertz CT molecular complexity index is 154. The Kier molecular flexibility index (Phi) is 3.45. The van der Waals surface area contributed by atoms with E-state index in [0.717, 1.165) is 19.5 Å². The summed E-state index contributed by atoms with van der Waals surface area (Å²) in [5.41, 5.74) is 5.64. The fraction of sp³-hybridized carbons (Fsp3) is 1.00. The molecule has 5 heteroatoms. The van der Waals surface area contributed by atoms with E-state index >= 15 is 0 Å². The van der Waals surface area contributed by atoms with Crippen LogP contribution in [0.25, 0.3) is 0 Å². The predicted octanol–water partition coefficient (Wildman–Crippen LogP) is -1.10. The van der Waals surface area contributed by atoms with Crippen LogP contribution in [0, 0.1) is 0 Å². The minimum absolute atomic E-state index is 0.229. The zero-order valence-corrected chi connectivity index (χ0v) is 7.18. The van der Waals surface area contributed by atoms with Crippen molar-refractivity contribution in [1.82, 2.24) is 4.90 Å². The van der Waals surface area contributed by atoms with Gasteiger partial charge in [0.15, 0.2) is 0 Å². The molecule has 0 spiro atoms. The zero-order chi connectivity index (χ0) is 8.27. The van der Waals surface area contributed by atoms with Crippen LogP contribution in [0.4, 0.5) is 0 Å². The van der Waals surface area contributed by atoms with Crippen LogP contribution in [0.15, 0.2) is 0 Å². The van der Waals surface area contributed by atoms with E-state index in [-0.39, 0.29) is 11.8 Å². The molecule has 0 aliphatic carbocycles. The van der Waals surface area contributed by atoms with Crippen molar-refractivity contribution in [1.29, 1.82) is 0 Å². The molecule has 1 rings (SSSR count). The monoisotopic (exact) mass is 177 g/mol. The van der Waals surface area contributed by atoms with Crippen molar-refractivity contribution in [3.8, 4) is 0 Å². The Hall–Kier alpha value is 0.0300. The molecule has 0 saturated carbocycles. The first-order chi connectivity index (χ1) is 5.18. The summed E-state index contributed by atoms with van der Waals surface area (Å²) >= 11 is -1.91. The van der Waals surface area contributed by atoms with E-state index in [2.05, 4.69) is 4.90 Å². The molecule has 2 unspecified atom stereocenters. The summed E-state index contributed by atoms with van der Waals surface area (Å²) < 4.78 is 20.4. The van der Waals surface area contributed by atoms with Gasteiger partial charge in [0.05, 0.1) is 0 Å². The topological polar surface area (TPSA) is 69.4 Å². The van der Waals surface area contributed by atoms with Crippen molar-refractivity contribution in [2.75, 3.05) is 25.4 Å². The highest BCUT2D eigenvalue weighted by Gasteiger charge is 2.17. The molecular formula is C6H13N2O2S-. The molecule has 2 N–H and O–H groups in total. The SMILES string of the molecule is NC1CCN(CCS(=O)[O-])C1. The second kappa shape index (κ2) is 4.15. The smallest absolute Gasteiger partial charge is 0.0229 e. The van der Waals surface area contributed by atoms with Gasteiger partial charge >= 0.3 is 0 Å². The number of nitrogens with zero attached hydrogens (tertiary/aromatic N) is 1. The normalized spacial score (nSPS) is 29.1. The average molecular weight is 177 g/mol. The summed E-state index contributed by atoms with van der Waals surface area (Å²) in [5.74, 6) is 0.229. The van der Waals surface area contributed by atoms with Crippen LogP contribution in [0.1, 0.15) is 6.42 Å². The summed E-state index contributed by atoms with van der Waals surface area (Å²) in [6.45, 7) is 2.42. The van der Waals surface area contributed by atoms with E-state index < -0.39 is 11.1 Å². The third kappa shape index (κ3) is 3.29. The Balaban J connectivity index is 2.13. The molecule has 4 nitrogen and oxygen atoms in total. The number of hydrogen-bond donors (Lipinski definition) is 1. The summed E-state index contributed by atoms with van der Waals surface area (Å²) in [5, 5.41) is 0. The molecule has 1 heterocycles. The van der Waals surface area contributed by atoms with Crippen molar-refractivity contribution in [2.45, 2.75) is 12.5 Å². The first-order valence-electron chi connectivity index (χ1n) is 3.72. The van der Waals surface area contributed by atoms with Gasteiger partial charge in [-0.05, 0) is 13.0 Å². The van der Waals surface area contributed by atoms with Gasteiger partial charge in [0.2, 0.25) is 0 Å². The van der Waals surface area contributed by atoms with Crippen LogP contribution < -0.4 is 5.73 Å². The molecule has 1 aliphatic rings. The Morgan fingerprint density at radius 3 is 2.91 bits per heavy atom. The molecule has 11 heavy (non-hydrogen) atoms. The van der Waals surface area contributed by atoms with Gasteiger partial charge in [-0.15, -0.1) is 0 Å². The van der Waals surface area contributed by atoms with Crippen LogP contribution in [-0.4, -0.2) is 45.1 Å². The van der Waals surface area contributed by atoms with Gasteiger partial charge < -0.3 is 15.2 Å². The summed E-state index contributed by atoms with van der Waals surface area (Å²) in [4.78, 5) is 2.08. The number of rotatable bonds is 3. The molecular weight excluding hydrogens is 164 g/mol. The Morgan fingerprint density at radius 2 is 2.45 bits per heavy atom. The van der Waals surface area contributed by atoms with Gasteiger partial charge in [0, 0.05) is 24.9 Å². The fourth-order valence-corrected chi connectivity index (χ4v) is 1.68. The molecule has 66 valence electrons. The first-order valence-corrected chi connectivity index (χ1v) is 4.96. The van der Waals surface area contributed by atoms with Gasteiger partial charge in [0.1, 0.15) is 0 Å². The molecule has 0 bridgehead atoms. The molecule has 1 aliphatic heterocycles. The quantitative estimate of drug-likeness (QED) is 0.555. The zero-order valence-electron chi connectivity index (χ0n) is 6.36. The molecule has 2 atom stereocenters.